The summed E-state index contributed by atoms with van der Waals surface area (Å²) in [4.78, 5) is 14.3. The number of carbonyl (C=O) groups excluding carboxylic acids is 1. The Labute approximate surface area is 176 Å². The molecule has 1 aromatic carbocycles. The van der Waals surface area contributed by atoms with Gasteiger partial charge in [0.2, 0.25) is 9.84 Å². The van der Waals surface area contributed by atoms with E-state index < -0.39 is 15.8 Å². The first-order chi connectivity index (χ1) is 14.0. The van der Waals surface area contributed by atoms with Gasteiger partial charge in [-0.05, 0) is 50.8 Å². The fourth-order valence-corrected chi connectivity index (χ4v) is 4.10. The molecule has 0 aliphatic carbocycles. The summed E-state index contributed by atoms with van der Waals surface area (Å²) in [6.45, 7) is 8.00. The number of ether oxygens (including phenoxy) is 1. The third-order valence-electron chi connectivity index (χ3n) is 4.63. The van der Waals surface area contributed by atoms with Gasteiger partial charge < -0.3 is 9.64 Å². The standard InChI is InChI=1S/C23H35NO4S/c1-4-7-8-9-10-14-20-28-23(25)22(18-15-19-24(5-2)6-3)29(26,27)21-16-12-11-13-17-21/h11-13,15-19H,4-10,14,20H2,1-3H3/b19-15?,22-18-. The Balaban J connectivity index is 2.89. The van der Waals surface area contributed by atoms with Gasteiger partial charge in [-0.15, -0.1) is 0 Å². The molecule has 0 saturated carbocycles. The summed E-state index contributed by atoms with van der Waals surface area (Å²) >= 11 is 0. The smallest absolute Gasteiger partial charge is 0.350 e. The summed E-state index contributed by atoms with van der Waals surface area (Å²) in [5.41, 5.74) is 0. The number of benzene rings is 1. The Bertz CT molecular complexity index is 750. The van der Waals surface area contributed by atoms with Crippen LogP contribution in [0.1, 0.15) is 59.3 Å². The second kappa shape index (κ2) is 14.0. The second-order valence-corrected chi connectivity index (χ2v) is 8.73. The predicted molar refractivity (Wildman–Crippen MR) is 118 cm³/mol. The summed E-state index contributed by atoms with van der Waals surface area (Å²) in [6.07, 6.45) is 11.1. The molecule has 0 spiro atoms. The summed E-state index contributed by atoms with van der Waals surface area (Å²) < 4.78 is 31.3. The van der Waals surface area contributed by atoms with Crippen molar-refractivity contribution >= 4 is 15.8 Å². The molecular formula is C23H35NO4S. The van der Waals surface area contributed by atoms with Crippen LogP contribution in [-0.4, -0.2) is 39.0 Å². The molecule has 6 heteroatoms. The highest BCUT2D eigenvalue weighted by atomic mass is 32.2. The molecule has 0 heterocycles. The van der Waals surface area contributed by atoms with Crippen LogP contribution in [-0.2, 0) is 19.4 Å². The van der Waals surface area contributed by atoms with Crippen LogP contribution in [0.2, 0.25) is 0 Å². The minimum atomic E-state index is -3.95. The molecule has 1 aromatic rings. The van der Waals surface area contributed by atoms with Crippen molar-refractivity contribution in [3.8, 4) is 0 Å². The van der Waals surface area contributed by atoms with Crippen molar-refractivity contribution in [3.05, 3.63) is 53.6 Å². The van der Waals surface area contributed by atoms with E-state index in [0.29, 0.717) is 0 Å². The summed E-state index contributed by atoms with van der Waals surface area (Å²) in [7, 11) is -3.95. The zero-order valence-corrected chi connectivity index (χ0v) is 18.8. The number of nitrogens with zero attached hydrogens (tertiary/aromatic N) is 1. The normalized spacial score (nSPS) is 12.3. The Kier molecular flexibility index (Phi) is 12.0. The maximum atomic E-state index is 13.0. The molecule has 0 radical (unpaired) electrons. The van der Waals surface area contributed by atoms with E-state index >= 15 is 0 Å². The van der Waals surface area contributed by atoms with Gasteiger partial charge >= 0.3 is 5.97 Å². The molecule has 0 N–H and O–H groups in total. The fraction of sp³-hybridized carbons (Fsp3) is 0.522. The van der Waals surface area contributed by atoms with Gasteiger partial charge in [0, 0.05) is 13.1 Å². The van der Waals surface area contributed by atoms with Crippen LogP contribution in [0.3, 0.4) is 0 Å². The van der Waals surface area contributed by atoms with Gasteiger partial charge in [0.05, 0.1) is 11.5 Å². The van der Waals surface area contributed by atoms with E-state index in [1.54, 1.807) is 30.5 Å². The lowest BCUT2D eigenvalue weighted by Crippen LogP contribution is -2.18. The largest absolute Gasteiger partial charge is 0.462 e. The summed E-state index contributed by atoms with van der Waals surface area (Å²) in [5, 5.41) is 0. The second-order valence-electron chi connectivity index (χ2n) is 6.81. The Morgan fingerprint density at radius 2 is 1.59 bits per heavy atom. The summed E-state index contributed by atoms with van der Waals surface area (Å²) in [5.74, 6) is -0.799. The third-order valence-corrected chi connectivity index (χ3v) is 6.41. The number of rotatable bonds is 14. The van der Waals surface area contributed by atoms with Crippen LogP contribution in [0, 0.1) is 0 Å². The Morgan fingerprint density at radius 1 is 0.966 bits per heavy atom. The number of hydrogen-bond donors (Lipinski definition) is 0. The van der Waals surface area contributed by atoms with Crippen molar-refractivity contribution < 1.29 is 17.9 Å². The minimum Gasteiger partial charge on any atom is -0.462 e. The van der Waals surface area contributed by atoms with Gasteiger partial charge in [0.1, 0.15) is 0 Å². The average Bonchev–Trinajstić information content (AvgIpc) is 2.73. The highest BCUT2D eigenvalue weighted by Gasteiger charge is 2.27. The van der Waals surface area contributed by atoms with E-state index in [1.165, 1.54) is 37.5 Å². The zero-order valence-electron chi connectivity index (χ0n) is 18.0. The average molecular weight is 422 g/mol. The molecule has 0 aliphatic heterocycles. The number of unbranched alkanes of at least 4 members (excludes halogenated alkanes) is 5. The van der Waals surface area contributed by atoms with Crippen molar-refractivity contribution in [2.45, 2.75) is 64.2 Å². The Morgan fingerprint density at radius 3 is 2.21 bits per heavy atom. The number of sulfone groups is 1. The van der Waals surface area contributed by atoms with Crippen LogP contribution < -0.4 is 0 Å². The highest BCUT2D eigenvalue weighted by molar-refractivity contribution is 7.96. The quantitative estimate of drug-likeness (QED) is 0.181. The molecule has 0 fully saturated rings. The molecule has 5 nitrogen and oxygen atoms in total. The predicted octanol–water partition coefficient (Wildman–Crippen LogP) is 5.10. The van der Waals surface area contributed by atoms with Crippen LogP contribution in [0.15, 0.2) is 58.5 Å². The zero-order chi connectivity index (χ0) is 21.5. The first-order valence-electron chi connectivity index (χ1n) is 10.6. The maximum absolute atomic E-state index is 13.0. The van der Waals surface area contributed by atoms with Crippen LogP contribution in [0.4, 0.5) is 0 Å². The molecule has 162 valence electrons. The van der Waals surface area contributed by atoms with Crippen LogP contribution in [0.5, 0.6) is 0 Å². The topological polar surface area (TPSA) is 63.7 Å². The molecule has 0 atom stereocenters. The molecule has 0 unspecified atom stereocenters. The first-order valence-corrected chi connectivity index (χ1v) is 12.0. The number of esters is 1. The van der Waals surface area contributed by atoms with E-state index in [2.05, 4.69) is 6.92 Å². The molecule has 0 amide bonds. The van der Waals surface area contributed by atoms with Gasteiger partial charge in [-0.25, -0.2) is 13.2 Å². The highest BCUT2D eigenvalue weighted by Crippen LogP contribution is 2.20. The molecular weight excluding hydrogens is 386 g/mol. The van der Waals surface area contributed by atoms with Gasteiger partial charge in [-0.2, -0.15) is 0 Å². The monoisotopic (exact) mass is 421 g/mol. The van der Waals surface area contributed by atoms with Crippen molar-refractivity contribution in [1.29, 1.82) is 0 Å². The molecule has 29 heavy (non-hydrogen) atoms. The lowest BCUT2D eigenvalue weighted by molar-refractivity contribution is -0.138. The van der Waals surface area contributed by atoms with Crippen molar-refractivity contribution in [3.63, 3.8) is 0 Å². The van der Waals surface area contributed by atoms with E-state index in [4.69, 9.17) is 4.74 Å². The van der Waals surface area contributed by atoms with E-state index in [9.17, 15) is 13.2 Å². The van der Waals surface area contributed by atoms with E-state index in [-0.39, 0.29) is 16.4 Å². The summed E-state index contributed by atoms with van der Waals surface area (Å²) in [6, 6.07) is 7.98. The molecule has 0 bridgehead atoms. The lowest BCUT2D eigenvalue weighted by atomic mass is 10.1. The van der Waals surface area contributed by atoms with Gasteiger partial charge in [-0.1, -0.05) is 57.2 Å². The van der Waals surface area contributed by atoms with E-state index in [1.807, 2.05) is 18.7 Å². The first kappa shape index (κ1) is 25.0. The molecule has 0 aromatic heterocycles. The number of carbonyl (C=O) groups is 1. The fourth-order valence-electron chi connectivity index (χ4n) is 2.80. The number of hydrogen-bond acceptors (Lipinski definition) is 5. The Hall–Kier alpha value is -2.08. The van der Waals surface area contributed by atoms with Gasteiger partial charge in [0.15, 0.2) is 4.91 Å². The molecule has 0 saturated heterocycles. The van der Waals surface area contributed by atoms with E-state index in [0.717, 1.165) is 32.4 Å². The third kappa shape index (κ3) is 8.86. The maximum Gasteiger partial charge on any atom is 0.350 e. The molecule has 0 aliphatic rings. The molecule has 1 rings (SSSR count). The van der Waals surface area contributed by atoms with Gasteiger partial charge in [-0.3, -0.25) is 0 Å². The minimum absolute atomic E-state index is 0.0824. The van der Waals surface area contributed by atoms with Gasteiger partial charge in [0.25, 0.3) is 0 Å². The SMILES string of the molecule is CCCCCCCCOC(=O)/C(=C/C=CN(CC)CC)S(=O)(=O)c1ccccc1. The van der Waals surface area contributed by atoms with Crippen LogP contribution in [0.25, 0.3) is 0 Å². The lowest BCUT2D eigenvalue weighted by Gasteiger charge is -2.14. The number of allylic oxidation sites excluding steroid dienone is 2. The van der Waals surface area contributed by atoms with Crippen molar-refractivity contribution in [1.82, 2.24) is 4.90 Å². The van der Waals surface area contributed by atoms with Crippen molar-refractivity contribution in [2.24, 2.45) is 0 Å². The van der Waals surface area contributed by atoms with Crippen LogP contribution >= 0.6 is 0 Å². The van der Waals surface area contributed by atoms with Crippen molar-refractivity contribution in [2.75, 3.05) is 19.7 Å².